The third kappa shape index (κ3) is 4.62. The zero-order valence-electron chi connectivity index (χ0n) is 16.8. The minimum Gasteiger partial charge on any atom is -0.482 e. The molecule has 0 saturated heterocycles. The molecule has 1 aliphatic rings. The fraction of sp³-hybridized carbons (Fsp3) is 0.208. The molecule has 3 aromatic carbocycles. The van der Waals surface area contributed by atoms with Gasteiger partial charge in [-0.15, -0.1) is 0 Å². The van der Waals surface area contributed by atoms with Gasteiger partial charge in [0.25, 0.3) is 11.3 Å². The topological polar surface area (TPSA) is 87.1 Å². The molecule has 0 saturated carbocycles. The van der Waals surface area contributed by atoms with E-state index < -0.39 is 23.8 Å². The molecule has 0 fully saturated rings. The number of carboxylic acid groups (broad SMARTS) is 1. The fourth-order valence-electron chi connectivity index (χ4n) is 4.14. The van der Waals surface area contributed by atoms with Gasteiger partial charge in [0.05, 0.1) is 11.7 Å². The first-order valence-corrected chi connectivity index (χ1v) is 11.1. The number of carboxylic acids is 1. The lowest BCUT2D eigenvalue weighted by molar-refractivity contribution is -0.139. The molecule has 0 aromatic heterocycles. The van der Waals surface area contributed by atoms with Crippen LogP contribution in [0, 0.1) is 0 Å². The Labute approximate surface area is 183 Å². The van der Waals surface area contributed by atoms with Crippen molar-refractivity contribution in [3.05, 3.63) is 83.9 Å². The SMILES string of the molecule is O=C(O)COc1cccc2c1CCCC2N(c1cccc(-c2ccccc2)c1)S(=O)O. The Kier molecular flexibility index (Phi) is 6.34. The van der Waals surface area contributed by atoms with E-state index in [-0.39, 0.29) is 6.04 Å². The molecular weight excluding hydrogens is 414 g/mol. The average Bonchev–Trinajstić information content (AvgIpc) is 2.78. The van der Waals surface area contributed by atoms with E-state index >= 15 is 0 Å². The summed E-state index contributed by atoms with van der Waals surface area (Å²) in [5.74, 6) is -0.521. The van der Waals surface area contributed by atoms with Gasteiger partial charge in [0.1, 0.15) is 5.75 Å². The summed E-state index contributed by atoms with van der Waals surface area (Å²) in [6.45, 7) is -0.421. The van der Waals surface area contributed by atoms with Crippen molar-refractivity contribution < 1.29 is 23.4 Å². The molecule has 6 nitrogen and oxygen atoms in total. The lowest BCUT2D eigenvalue weighted by Crippen LogP contribution is -2.33. The third-order valence-electron chi connectivity index (χ3n) is 5.44. The van der Waals surface area contributed by atoms with Crippen LogP contribution in [0.2, 0.25) is 0 Å². The second kappa shape index (κ2) is 9.32. The Bertz CT molecular complexity index is 1100. The van der Waals surface area contributed by atoms with Crippen molar-refractivity contribution in [2.24, 2.45) is 0 Å². The van der Waals surface area contributed by atoms with Gasteiger partial charge < -0.3 is 9.84 Å². The van der Waals surface area contributed by atoms with Gasteiger partial charge in [-0.1, -0.05) is 54.6 Å². The maximum absolute atomic E-state index is 12.5. The molecule has 1 aliphatic carbocycles. The number of rotatable bonds is 7. The van der Waals surface area contributed by atoms with Crippen LogP contribution >= 0.6 is 0 Å². The predicted molar refractivity (Wildman–Crippen MR) is 120 cm³/mol. The van der Waals surface area contributed by atoms with Crippen LogP contribution in [0.15, 0.2) is 72.8 Å². The molecule has 2 N–H and O–H groups in total. The van der Waals surface area contributed by atoms with E-state index in [1.807, 2.05) is 60.7 Å². The number of ether oxygens (including phenoxy) is 1. The minimum atomic E-state index is -2.24. The zero-order chi connectivity index (χ0) is 21.8. The molecule has 0 amide bonds. The fourth-order valence-corrected chi connectivity index (χ4v) is 4.87. The zero-order valence-corrected chi connectivity index (χ0v) is 17.6. The van der Waals surface area contributed by atoms with Gasteiger partial charge in [-0.25, -0.2) is 9.00 Å². The van der Waals surface area contributed by atoms with Gasteiger partial charge in [-0.2, -0.15) is 0 Å². The van der Waals surface area contributed by atoms with E-state index in [4.69, 9.17) is 9.84 Å². The van der Waals surface area contributed by atoms with Crippen LogP contribution in [0.5, 0.6) is 5.75 Å². The van der Waals surface area contributed by atoms with Crippen LogP contribution in [0.25, 0.3) is 11.1 Å². The highest BCUT2D eigenvalue weighted by Gasteiger charge is 2.31. The van der Waals surface area contributed by atoms with Crippen LogP contribution in [0.4, 0.5) is 5.69 Å². The van der Waals surface area contributed by atoms with Gasteiger partial charge in [0.2, 0.25) is 0 Å². The van der Waals surface area contributed by atoms with Crippen LogP contribution in [0.1, 0.15) is 30.0 Å². The van der Waals surface area contributed by atoms with Crippen LogP contribution in [-0.2, 0) is 22.5 Å². The lowest BCUT2D eigenvalue weighted by atomic mass is 9.86. The second-order valence-electron chi connectivity index (χ2n) is 7.39. The molecule has 0 spiro atoms. The number of carbonyl (C=O) groups is 1. The van der Waals surface area contributed by atoms with Gasteiger partial charge in [-0.3, -0.25) is 8.86 Å². The summed E-state index contributed by atoms with van der Waals surface area (Å²) >= 11 is -2.24. The molecule has 2 unspecified atom stereocenters. The largest absolute Gasteiger partial charge is 0.482 e. The molecule has 0 bridgehead atoms. The maximum atomic E-state index is 12.5. The highest BCUT2D eigenvalue weighted by Crippen LogP contribution is 2.41. The van der Waals surface area contributed by atoms with Gasteiger partial charge >= 0.3 is 5.97 Å². The predicted octanol–water partition coefficient (Wildman–Crippen LogP) is 4.84. The Morgan fingerprint density at radius 1 is 1.03 bits per heavy atom. The number of hydrogen-bond acceptors (Lipinski definition) is 3. The summed E-state index contributed by atoms with van der Waals surface area (Å²) in [5, 5.41) is 8.95. The van der Waals surface area contributed by atoms with Crippen molar-refractivity contribution in [1.82, 2.24) is 0 Å². The molecule has 0 heterocycles. The molecule has 160 valence electrons. The molecule has 31 heavy (non-hydrogen) atoms. The summed E-state index contributed by atoms with van der Waals surface area (Å²) in [5.41, 5.74) is 4.43. The van der Waals surface area contributed by atoms with Crippen molar-refractivity contribution in [3.63, 3.8) is 0 Å². The number of hydrogen-bond donors (Lipinski definition) is 2. The Balaban J connectivity index is 1.72. The van der Waals surface area contributed by atoms with Crippen molar-refractivity contribution in [2.45, 2.75) is 25.3 Å². The number of aliphatic carboxylic acids is 1. The molecule has 0 aliphatic heterocycles. The molecular formula is C24H23NO5S. The summed E-state index contributed by atoms with van der Waals surface area (Å²) in [4.78, 5) is 10.9. The number of anilines is 1. The first kappa shape index (κ1) is 21.1. The van der Waals surface area contributed by atoms with Crippen LogP contribution in [-0.4, -0.2) is 26.4 Å². The van der Waals surface area contributed by atoms with E-state index in [2.05, 4.69) is 0 Å². The first-order valence-electron chi connectivity index (χ1n) is 10.1. The highest BCUT2D eigenvalue weighted by molar-refractivity contribution is 7.80. The average molecular weight is 438 g/mol. The van der Waals surface area contributed by atoms with E-state index in [9.17, 15) is 13.6 Å². The molecule has 0 radical (unpaired) electrons. The minimum absolute atomic E-state index is 0.325. The monoisotopic (exact) mass is 437 g/mol. The molecule has 2 atom stereocenters. The third-order valence-corrected chi connectivity index (χ3v) is 6.24. The van der Waals surface area contributed by atoms with Crippen molar-refractivity contribution in [2.75, 3.05) is 10.9 Å². The van der Waals surface area contributed by atoms with Crippen LogP contribution in [0.3, 0.4) is 0 Å². The summed E-state index contributed by atoms with van der Waals surface area (Å²) < 4.78 is 29.7. The lowest BCUT2D eigenvalue weighted by Gasteiger charge is -2.35. The normalized spacial score (nSPS) is 16.2. The van der Waals surface area contributed by atoms with Crippen molar-refractivity contribution in [3.8, 4) is 16.9 Å². The summed E-state index contributed by atoms with van der Waals surface area (Å²) in [7, 11) is 0. The standard InChI is InChI=1S/C24H23NO5S/c26-24(27)16-30-23-14-6-11-20-21(23)12-5-13-22(20)25(31(28)29)19-10-4-9-18(15-19)17-7-2-1-3-8-17/h1-4,6-11,14-15,22H,5,12-13,16H2,(H,26,27)(H,28,29). The van der Waals surface area contributed by atoms with E-state index in [0.717, 1.165) is 35.1 Å². The van der Waals surface area contributed by atoms with Crippen LogP contribution < -0.4 is 9.04 Å². The Hall–Kier alpha value is -3.16. The van der Waals surface area contributed by atoms with E-state index in [1.165, 1.54) is 4.31 Å². The van der Waals surface area contributed by atoms with Crippen molar-refractivity contribution >= 4 is 22.9 Å². The number of nitrogens with zero attached hydrogens (tertiary/aromatic N) is 1. The Morgan fingerprint density at radius 3 is 2.52 bits per heavy atom. The summed E-state index contributed by atoms with van der Waals surface area (Å²) in [6.07, 6.45) is 2.24. The van der Waals surface area contributed by atoms with Gasteiger partial charge in [-0.05, 0) is 59.7 Å². The molecule has 4 rings (SSSR count). The highest BCUT2D eigenvalue weighted by atomic mass is 32.2. The molecule has 7 heteroatoms. The van der Waals surface area contributed by atoms with Crippen molar-refractivity contribution in [1.29, 1.82) is 0 Å². The molecule has 3 aromatic rings. The van der Waals surface area contributed by atoms with E-state index in [1.54, 1.807) is 12.1 Å². The quantitative estimate of drug-likeness (QED) is 0.517. The van der Waals surface area contributed by atoms with E-state index in [0.29, 0.717) is 17.9 Å². The summed E-state index contributed by atoms with van der Waals surface area (Å²) in [6, 6.07) is 22.6. The second-order valence-corrected chi connectivity index (χ2v) is 8.24. The maximum Gasteiger partial charge on any atom is 0.341 e. The first-order chi connectivity index (χ1) is 15.0. The van der Waals surface area contributed by atoms with Gasteiger partial charge in [0.15, 0.2) is 6.61 Å². The number of benzene rings is 3. The van der Waals surface area contributed by atoms with Gasteiger partial charge in [0, 0.05) is 0 Å². The number of fused-ring (bicyclic) bond motifs is 1. The Morgan fingerprint density at radius 2 is 1.77 bits per heavy atom. The smallest absolute Gasteiger partial charge is 0.341 e.